The number of nitrogens with zero attached hydrogens (tertiary/aromatic N) is 2. The quantitative estimate of drug-likeness (QED) is 0.162. The van der Waals surface area contributed by atoms with E-state index in [-0.39, 0.29) is 0 Å². The van der Waals surface area contributed by atoms with Crippen LogP contribution in [0.3, 0.4) is 0 Å². The topological polar surface area (TPSA) is 21.3 Å². The Bertz CT molecular complexity index is 3320. The molecule has 0 fully saturated rings. The molecule has 3 heteroatoms. The van der Waals surface area contributed by atoms with Gasteiger partial charge < -0.3 is 13.9 Å². The van der Waals surface area contributed by atoms with Crippen LogP contribution in [0.25, 0.3) is 82.5 Å². The van der Waals surface area contributed by atoms with Gasteiger partial charge in [0, 0.05) is 44.2 Å². The highest BCUT2D eigenvalue weighted by atomic mass is 16.3. The summed E-state index contributed by atoms with van der Waals surface area (Å²) in [4.78, 5) is 2.38. The molecule has 0 spiro atoms. The van der Waals surface area contributed by atoms with Crippen LogP contribution in [-0.4, -0.2) is 4.57 Å². The number of anilines is 3. The first-order valence-electron chi connectivity index (χ1n) is 20.1. The van der Waals surface area contributed by atoms with Crippen LogP contribution in [0.1, 0.15) is 25.3 Å². The molecular weight excluding hydrogens is 705 g/mol. The fraction of sp³-hybridized carbons (Fsp3) is 0.0545. The zero-order valence-electron chi connectivity index (χ0n) is 32.4. The predicted molar refractivity (Wildman–Crippen MR) is 245 cm³/mol. The van der Waals surface area contributed by atoms with Crippen LogP contribution in [0.5, 0.6) is 0 Å². The molecule has 2 aromatic heterocycles. The highest BCUT2D eigenvalue weighted by Crippen LogP contribution is 2.47. The number of rotatable bonds is 7. The van der Waals surface area contributed by atoms with E-state index in [1.165, 1.54) is 49.4 Å². The third-order valence-corrected chi connectivity index (χ3v) is 11.7. The van der Waals surface area contributed by atoms with Crippen LogP contribution in [0.4, 0.5) is 17.1 Å². The molecule has 11 rings (SSSR count). The monoisotopic (exact) mass is 744 g/mol. The molecule has 0 N–H and O–H groups in total. The molecule has 2 heterocycles. The average Bonchev–Trinajstić information content (AvgIpc) is 3.84. The van der Waals surface area contributed by atoms with E-state index in [4.69, 9.17) is 4.42 Å². The van der Waals surface area contributed by atoms with Gasteiger partial charge in [-0.3, -0.25) is 0 Å². The Labute approximate surface area is 337 Å². The molecule has 0 aliphatic carbocycles. The molecule has 0 aliphatic heterocycles. The highest BCUT2D eigenvalue weighted by Gasteiger charge is 2.24. The van der Waals surface area contributed by atoms with Crippen molar-refractivity contribution in [3.05, 3.63) is 206 Å². The summed E-state index contributed by atoms with van der Waals surface area (Å²) in [6.45, 7) is 4.51. The van der Waals surface area contributed by atoms with Gasteiger partial charge in [0.15, 0.2) is 5.58 Å². The molecule has 0 amide bonds. The summed E-state index contributed by atoms with van der Waals surface area (Å²) in [7, 11) is 0. The van der Waals surface area contributed by atoms with E-state index in [0.717, 1.165) is 55.7 Å². The van der Waals surface area contributed by atoms with Crippen molar-refractivity contribution in [3.8, 4) is 27.9 Å². The Balaban J connectivity index is 1.20. The van der Waals surface area contributed by atoms with Crippen molar-refractivity contribution in [2.24, 2.45) is 0 Å². The maximum atomic E-state index is 7.22. The second kappa shape index (κ2) is 13.7. The average molecular weight is 745 g/mol. The number of benzene rings is 9. The van der Waals surface area contributed by atoms with Crippen molar-refractivity contribution >= 4 is 71.6 Å². The first kappa shape index (κ1) is 33.9. The molecule has 11 aromatic rings. The Morgan fingerprint density at radius 3 is 1.93 bits per heavy atom. The van der Waals surface area contributed by atoms with Crippen molar-refractivity contribution in [1.29, 1.82) is 0 Å². The summed E-state index contributed by atoms with van der Waals surface area (Å²) in [6, 6.07) is 72.3. The van der Waals surface area contributed by atoms with Crippen LogP contribution in [0.15, 0.2) is 205 Å². The van der Waals surface area contributed by atoms with Crippen molar-refractivity contribution in [2.45, 2.75) is 19.8 Å². The molecule has 0 saturated heterocycles. The van der Waals surface area contributed by atoms with Gasteiger partial charge in [0.2, 0.25) is 0 Å². The number of hydrogen-bond donors (Lipinski definition) is 0. The summed E-state index contributed by atoms with van der Waals surface area (Å²) >= 11 is 0. The number of fused-ring (bicyclic) bond motifs is 8. The first-order chi connectivity index (χ1) is 28.6. The number of para-hydroxylation sites is 2. The van der Waals surface area contributed by atoms with E-state index in [1.54, 1.807) is 0 Å². The minimum absolute atomic E-state index is 0.433. The lowest BCUT2D eigenvalue weighted by atomic mass is 9.96. The van der Waals surface area contributed by atoms with Gasteiger partial charge in [0.1, 0.15) is 5.58 Å². The van der Waals surface area contributed by atoms with Gasteiger partial charge >= 0.3 is 0 Å². The Morgan fingerprint density at radius 2 is 1.10 bits per heavy atom. The molecule has 0 bridgehead atoms. The third-order valence-electron chi connectivity index (χ3n) is 11.7. The molecular formula is C55H40N2O. The lowest BCUT2D eigenvalue weighted by Gasteiger charge is -2.26. The maximum Gasteiger partial charge on any atom is 0.159 e. The maximum absolute atomic E-state index is 7.22. The number of hydrogen-bond acceptors (Lipinski definition) is 2. The normalized spacial score (nSPS) is 11.8. The minimum Gasteiger partial charge on any atom is -0.453 e. The Hall–Kier alpha value is -7.36. The lowest BCUT2D eigenvalue weighted by Crippen LogP contribution is -2.10. The smallest absolute Gasteiger partial charge is 0.159 e. The van der Waals surface area contributed by atoms with E-state index < -0.39 is 0 Å². The van der Waals surface area contributed by atoms with Gasteiger partial charge in [0.25, 0.3) is 0 Å². The van der Waals surface area contributed by atoms with E-state index in [0.29, 0.717) is 5.92 Å². The lowest BCUT2D eigenvalue weighted by molar-refractivity contribution is 0.670. The zero-order valence-corrected chi connectivity index (χ0v) is 32.4. The number of aromatic nitrogens is 1. The van der Waals surface area contributed by atoms with Gasteiger partial charge in [-0.25, -0.2) is 0 Å². The van der Waals surface area contributed by atoms with Gasteiger partial charge in [-0.2, -0.15) is 0 Å². The van der Waals surface area contributed by atoms with E-state index in [1.807, 2.05) is 0 Å². The van der Waals surface area contributed by atoms with Crippen LogP contribution in [0, 0.1) is 0 Å². The molecule has 0 atom stereocenters. The van der Waals surface area contributed by atoms with E-state index >= 15 is 0 Å². The van der Waals surface area contributed by atoms with Crippen LogP contribution in [-0.2, 0) is 0 Å². The first-order valence-corrected chi connectivity index (χ1v) is 20.1. The van der Waals surface area contributed by atoms with Crippen LogP contribution >= 0.6 is 0 Å². The fourth-order valence-electron chi connectivity index (χ4n) is 8.92. The summed E-state index contributed by atoms with van der Waals surface area (Å²) in [5.74, 6) is 0.433. The molecule has 3 nitrogen and oxygen atoms in total. The Kier molecular flexibility index (Phi) is 8.01. The van der Waals surface area contributed by atoms with Crippen molar-refractivity contribution in [2.75, 3.05) is 4.90 Å². The van der Waals surface area contributed by atoms with E-state index in [2.05, 4.69) is 224 Å². The second-order valence-electron chi connectivity index (χ2n) is 15.5. The van der Waals surface area contributed by atoms with Gasteiger partial charge in [0.05, 0.1) is 16.7 Å². The van der Waals surface area contributed by atoms with Crippen LogP contribution in [0.2, 0.25) is 0 Å². The predicted octanol–water partition coefficient (Wildman–Crippen LogP) is 15.8. The molecule has 0 aliphatic rings. The largest absolute Gasteiger partial charge is 0.453 e. The molecule has 0 radical (unpaired) electrons. The SMILES string of the molecule is CC(C)c1cccc(-n2c3ccccc3c3cc(N(c4cccc(-c5ccccc5)c4)c4cccc5c4oc4c(-c6ccccc6)cc6ccccc6c45)ccc32)c1. The van der Waals surface area contributed by atoms with Gasteiger partial charge in [-0.1, -0.05) is 153 Å². The van der Waals surface area contributed by atoms with Crippen molar-refractivity contribution in [1.82, 2.24) is 4.57 Å². The molecule has 58 heavy (non-hydrogen) atoms. The fourth-order valence-corrected chi connectivity index (χ4v) is 8.92. The number of furan rings is 1. The van der Waals surface area contributed by atoms with Crippen molar-refractivity contribution < 1.29 is 4.42 Å². The van der Waals surface area contributed by atoms with E-state index in [9.17, 15) is 0 Å². The van der Waals surface area contributed by atoms with Gasteiger partial charge in [-0.05, 0) is 99.6 Å². The van der Waals surface area contributed by atoms with Crippen LogP contribution < -0.4 is 4.90 Å². The Morgan fingerprint density at radius 1 is 0.448 bits per heavy atom. The third kappa shape index (κ3) is 5.50. The zero-order chi connectivity index (χ0) is 38.7. The second-order valence-corrected chi connectivity index (χ2v) is 15.5. The summed E-state index contributed by atoms with van der Waals surface area (Å²) in [5.41, 5.74) is 14.2. The molecule has 9 aromatic carbocycles. The molecule has 0 saturated carbocycles. The molecule has 276 valence electrons. The summed E-state index contributed by atoms with van der Waals surface area (Å²) in [5, 5.41) is 7.01. The summed E-state index contributed by atoms with van der Waals surface area (Å²) < 4.78 is 9.63. The van der Waals surface area contributed by atoms with Crippen molar-refractivity contribution in [3.63, 3.8) is 0 Å². The summed E-state index contributed by atoms with van der Waals surface area (Å²) in [6.07, 6.45) is 0. The minimum atomic E-state index is 0.433. The van der Waals surface area contributed by atoms with Gasteiger partial charge in [-0.15, -0.1) is 0 Å². The highest BCUT2D eigenvalue weighted by molar-refractivity contribution is 6.24. The standard InChI is InChI=1S/C55H40N2O/c1-36(2)39-21-13-24-43(32-39)57-50-28-12-11-26-46(50)49-35-44(30-31-51(49)57)56(42-23-14-22-40(33-42)37-16-5-3-6-17-37)52-29-15-27-47-53-45-25-10-9-20-41(45)34-48(55(53)58-54(47)52)38-18-7-4-8-19-38/h3-36H,1-2H3. The molecule has 0 unspecified atom stereocenters.